The number of hydrogen-bond donors (Lipinski definition) is 1. The number of rotatable bonds is 5. The summed E-state index contributed by atoms with van der Waals surface area (Å²) in [6, 6.07) is 11.0. The summed E-state index contributed by atoms with van der Waals surface area (Å²) in [6.45, 7) is 0. The fourth-order valence-corrected chi connectivity index (χ4v) is 3.46. The fraction of sp³-hybridized carbons (Fsp3) is 0.471. The molecule has 1 aromatic carbocycles. The largest absolute Gasteiger partial charge is 0.313 e. The van der Waals surface area contributed by atoms with Crippen molar-refractivity contribution in [1.82, 2.24) is 15.1 Å². The van der Waals surface area contributed by atoms with Gasteiger partial charge in [0.2, 0.25) is 0 Å². The van der Waals surface area contributed by atoms with Crippen molar-refractivity contribution in [3.63, 3.8) is 0 Å². The summed E-state index contributed by atoms with van der Waals surface area (Å²) in [7, 11) is 1.97. The first-order valence-electron chi connectivity index (χ1n) is 7.73. The van der Waals surface area contributed by atoms with Gasteiger partial charge in [0.25, 0.3) is 0 Å². The van der Waals surface area contributed by atoms with Gasteiger partial charge in [0.15, 0.2) is 0 Å². The summed E-state index contributed by atoms with van der Waals surface area (Å²) >= 11 is 6.31. The predicted molar refractivity (Wildman–Crippen MR) is 86.7 cm³/mol. The van der Waals surface area contributed by atoms with E-state index in [-0.39, 0.29) is 6.04 Å². The Morgan fingerprint density at radius 2 is 2.05 bits per heavy atom. The molecule has 0 amide bonds. The van der Waals surface area contributed by atoms with Crippen molar-refractivity contribution in [3.8, 4) is 0 Å². The SMILES string of the molecule is CNC(Cc1ccn(C2CCCC2)n1)c1ccccc1Cl. The number of nitrogens with one attached hydrogen (secondary N) is 1. The van der Waals surface area contributed by atoms with Crippen molar-refractivity contribution in [1.29, 1.82) is 0 Å². The normalized spacial score (nSPS) is 17.2. The van der Waals surface area contributed by atoms with Crippen LogP contribution in [0.25, 0.3) is 0 Å². The van der Waals surface area contributed by atoms with E-state index < -0.39 is 0 Å². The molecule has 1 N–H and O–H groups in total. The lowest BCUT2D eigenvalue weighted by Crippen LogP contribution is -2.19. The first kappa shape index (κ1) is 14.6. The van der Waals surface area contributed by atoms with Crippen molar-refractivity contribution in [2.24, 2.45) is 0 Å². The Balaban J connectivity index is 1.74. The molecule has 0 aliphatic heterocycles. The maximum Gasteiger partial charge on any atom is 0.0643 e. The minimum absolute atomic E-state index is 0.200. The summed E-state index contributed by atoms with van der Waals surface area (Å²) in [5, 5.41) is 8.93. The average molecular weight is 304 g/mol. The van der Waals surface area contributed by atoms with Crippen molar-refractivity contribution in [2.75, 3.05) is 7.05 Å². The van der Waals surface area contributed by atoms with E-state index in [0.717, 1.165) is 22.7 Å². The van der Waals surface area contributed by atoms with Gasteiger partial charge in [-0.05, 0) is 37.6 Å². The summed E-state index contributed by atoms with van der Waals surface area (Å²) in [6.07, 6.45) is 8.18. The van der Waals surface area contributed by atoms with E-state index in [9.17, 15) is 0 Å². The van der Waals surface area contributed by atoms with Crippen LogP contribution in [-0.4, -0.2) is 16.8 Å². The third-order valence-corrected chi connectivity index (χ3v) is 4.75. The van der Waals surface area contributed by atoms with E-state index in [4.69, 9.17) is 16.7 Å². The molecule has 1 aromatic heterocycles. The van der Waals surface area contributed by atoms with Gasteiger partial charge in [-0.3, -0.25) is 4.68 Å². The lowest BCUT2D eigenvalue weighted by molar-refractivity contribution is 0.459. The topological polar surface area (TPSA) is 29.9 Å². The first-order valence-corrected chi connectivity index (χ1v) is 8.11. The Morgan fingerprint density at radius 1 is 1.29 bits per heavy atom. The van der Waals surface area contributed by atoms with Gasteiger partial charge in [0.05, 0.1) is 11.7 Å². The summed E-state index contributed by atoms with van der Waals surface area (Å²) in [5.74, 6) is 0. The second-order valence-corrected chi connectivity index (χ2v) is 6.20. The molecule has 1 aliphatic rings. The number of halogens is 1. The van der Waals surface area contributed by atoms with Gasteiger partial charge in [0, 0.05) is 23.7 Å². The summed E-state index contributed by atoms with van der Waals surface area (Å²) < 4.78 is 2.15. The maximum absolute atomic E-state index is 6.31. The van der Waals surface area contributed by atoms with E-state index in [0.29, 0.717) is 6.04 Å². The second-order valence-electron chi connectivity index (χ2n) is 5.79. The molecule has 3 nitrogen and oxygen atoms in total. The standard InChI is InChI=1S/C17H22ClN3/c1-19-17(15-8-4-5-9-16(15)18)12-13-10-11-21(20-13)14-6-2-3-7-14/h4-5,8-11,14,17,19H,2-3,6-7,12H2,1H3. The van der Waals surface area contributed by atoms with Crippen molar-refractivity contribution >= 4 is 11.6 Å². The van der Waals surface area contributed by atoms with Gasteiger partial charge >= 0.3 is 0 Å². The lowest BCUT2D eigenvalue weighted by atomic mass is 10.0. The summed E-state index contributed by atoms with van der Waals surface area (Å²) in [4.78, 5) is 0. The minimum atomic E-state index is 0.200. The van der Waals surface area contributed by atoms with Gasteiger partial charge < -0.3 is 5.32 Å². The van der Waals surface area contributed by atoms with Crippen LogP contribution in [0.5, 0.6) is 0 Å². The van der Waals surface area contributed by atoms with Crippen LogP contribution in [0, 0.1) is 0 Å². The molecule has 1 saturated carbocycles. The molecule has 1 atom stereocenters. The van der Waals surface area contributed by atoms with Gasteiger partial charge in [-0.25, -0.2) is 0 Å². The number of nitrogens with zero attached hydrogens (tertiary/aromatic N) is 2. The molecule has 4 heteroatoms. The summed E-state index contributed by atoms with van der Waals surface area (Å²) in [5.41, 5.74) is 2.26. The maximum atomic E-state index is 6.31. The van der Waals surface area contributed by atoms with Crippen molar-refractivity contribution < 1.29 is 0 Å². The molecule has 1 heterocycles. The monoisotopic (exact) mass is 303 g/mol. The number of hydrogen-bond acceptors (Lipinski definition) is 2. The molecule has 3 rings (SSSR count). The minimum Gasteiger partial charge on any atom is -0.313 e. The highest BCUT2D eigenvalue weighted by atomic mass is 35.5. The van der Waals surface area contributed by atoms with Crippen LogP contribution < -0.4 is 5.32 Å². The highest BCUT2D eigenvalue weighted by Gasteiger charge is 2.19. The van der Waals surface area contributed by atoms with Crippen LogP contribution in [0.15, 0.2) is 36.5 Å². The zero-order valence-electron chi connectivity index (χ0n) is 12.4. The molecule has 112 valence electrons. The molecule has 21 heavy (non-hydrogen) atoms. The molecule has 1 unspecified atom stereocenters. The van der Waals surface area contributed by atoms with Crippen LogP contribution in [0.4, 0.5) is 0 Å². The van der Waals surface area contributed by atoms with Crippen LogP contribution in [-0.2, 0) is 6.42 Å². The molecule has 0 radical (unpaired) electrons. The third-order valence-electron chi connectivity index (χ3n) is 4.40. The number of aromatic nitrogens is 2. The molecular formula is C17H22ClN3. The second kappa shape index (κ2) is 6.63. The lowest BCUT2D eigenvalue weighted by Gasteiger charge is -2.17. The quantitative estimate of drug-likeness (QED) is 0.899. The van der Waals surface area contributed by atoms with Gasteiger partial charge in [0.1, 0.15) is 0 Å². The zero-order chi connectivity index (χ0) is 14.7. The van der Waals surface area contributed by atoms with Crippen molar-refractivity contribution in [2.45, 2.75) is 44.2 Å². The first-order chi connectivity index (χ1) is 10.3. The zero-order valence-corrected chi connectivity index (χ0v) is 13.2. The molecule has 0 saturated heterocycles. The molecule has 1 aliphatic carbocycles. The molecule has 2 aromatic rings. The Kier molecular flexibility index (Phi) is 4.61. The highest BCUT2D eigenvalue weighted by Crippen LogP contribution is 2.29. The van der Waals surface area contributed by atoms with E-state index in [1.165, 1.54) is 25.7 Å². The van der Waals surface area contributed by atoms with Crippen LogP contribution >= 0.6 is 11.6 Å². The molecule has 0 bridgehead atoms. The Bertz CT molecular complexity index is 587. The average Bonchev–Trinajstić information content (AvgIpc) is 3.16. The molecule has 0 spiro atoms. The number of likely N-dealkylation sites (N-methyl/N-ethyl adjacent to an activating group) is 1. The Hall–Kier alpha value is -1.32. The predicted octanol–water partition coefficient (Wildman–Crippen LogP) is 4.15. The smallest absolute Gasteiger partial charge is 0.0643 e. The fourth-order valence-electron chi connectivity index (χ4n) is 3.19. The van der Waals surface area contributed by atoms with E-state index >= 15 is 0 Å². The molecular weight excluding hydrogens is 282 g/mol. The number of benzene rings is 1. The third kappa shape index (κ3) is 3.30. The van der Waals surface area contributed by atoms with E-state index in [1.54, 1.807) is 0 Å². The highest BCUT2D eigenvalue weighted by molar-refractivity contribution is 6.31. The van der Waals surface area contributed by atoms with Gasteiger partial charge in [-0.2, -0.15) is 5.10 Å². The van der Waals surface area contributed by atoms with Crippen molar-refractivity contribution in [3.05, 3.63) is 52.8 Å². The Labute approximate surface area is 131 Å². The van der Waals surface area contributed by atoms with Crippen LogP contribution in [0.3, 0.4) is 0 Å². The van der Waals surface area contributed by atoms with E-state index in [2.05, 4.69) is 28.3 Å². The van der Waals surface area contributed by atoms with Gasteiger partial charge in [-0.15, -0.1) is 0 Å². The van der Waals surface area contributed by atoms with E-state index in [1.807, 2.05) is 25.2 Å². The van der Waals surface area contributed by atoms with Gasteiger partial charge in [-0.1, -0.05) is 42.6 Å². The molecule has 1 fully saturated rings. The Morgan fingerprint density at radius 3 is 2.76 bits per heavy atom. The van der Waals surface area contributed by atoms with Crippen LogP contribution in [0.1, 0.15) is 49.0 Å². The van der Waals surface area contributed by atoms with Crippen LogP contribution in [0.2, 0.25) is 5.02 Å².